The number of benzene rings is 1. The first-order chi connectivity index (χ1) is 11.6. The average molecular weight is 330 g/mol. The summed E-state index contributed by atoms with van der Waals surface area (Å²) in [6.45, 7) is 1.43. The zero-order chi connectivity index (χ0) is 17.2. The van der Waals surface area contributed by atoms with Crippen LogP contribution < -0.4 is 0 Å². The van der Waals surface area contributed by atoms with E-state index in [9.17, 15) is 9.59 Å². The fourth-order valence-corrected chi connectivity index (χ4v) is 4.13. The van der Waals surface area contributed by atoms with E-state index in [1.165, 1.54) is 12.7 Å². The van der Waals surface area contributed by atoms with Crippen molar-refractivity contribution in [2.24, 2.45) is 5.41 Å². The van der Waals surface area contributed by atoms with E-state index in [0.717, 1.165) is 25.7 Å². The number of hydrogen-bond acceptors (Lipinski definition) is 3. The Morgan fingerprint density at radius 3 is 2.54 bits per heavy atom. The van der Waals surface area contributed by atoms with Crippen LogP contribution in [0.3, 0.4) is 0 Å². The summed E-state index contributed by atoms with van der Waals surface area (Å²) in [6, 6.07) is 10.6. The number of carbonyl (C=O) groups excluding carboxylic acids is 2. The minimum Gasteiger partial charge on any atom is -0.375 e. The van der Waals surface area contributed by atoms with Crippen molar-refractivity contribution < 1.29 is 14.3 Å². The molecule has 2 saturated heterocycles. The summed E-state index contributed by atoms with van der Waals surface area (Å²) >= 11 is 0. The van der Waals surface area contributed by atoms with Crippen molar-refractivity contribution in [3.8, 4) is 0 Å². The molecular weight excluding hydrogens is 304 g/mol. The molecule has 0 saturated carbocycles. The van der Waals surface area contributed by atoms with E-state index in [-0.39, 0.29) is 29.9 Å². The molecule has 130 valence electrons. The van der Waals surface area contributed by atoms with Gasteiger partial charge in [-0.25, -0.2) is 0 Å². The summed E-state index contributed by atoms with van der Waals surface area (Å²) in [5.74, 6) is 0.272. The Morgan fingerprint density at radius 1 is 1.25 bits per heavy atom. The Labute approximate surface area is 143 Å². The summed E-state index contributed by atoms with van der Waals surface area (Å²) in [6.07, 6.45) is 3.31. The van der Waals surface area contributed by atoms with E-state index in [1.54, 1.807) is 0 Å². The number of carbonyl (C=O) groups is 2. The van der Waals surface area contributed by atoms with E-state index in [2.05, 4.69) is 12.1 Å². The number of likely N-dealkylation sites (N-methyl/N-ethyl adjacent to an activating group) is 1. The normalized spacial score (nSPS) is 23.1. The molecule has 0 radical (unpaired) electrons. The number of likely N-dealkylation sites (tertiary alicyclic amines) is 2. The second kappa shape index (κ2) is 6.93. The van der Waals surface area contributed by atoms with Crippen molar-refractivity contribution >= 4 is 11.8 Å². The summed E-state index contributed by atoms with van der Waals surface area (Å²) in [5, 5.41) is 0. The van der Waals surface area contributed by atoms with Crippen molar-refractivity contribution in [1.29, 1.82) is 0 Å². The molecule has 5 heteroatoms. The average Bonchev–Trinajstić information content (AvgIpc) is 2.82. The standard InChI is InChI=1S/C19H26N2O3/c1-20-16(12-15-6-4-3-5-7-15)13-19(18(20)23)8-10-21(11-9-19)17(22)14-24-2/h3-7,16H,8-14H2,1-2H3. The summed E-state index contributed by atoms with van der Waals surface area (Å²) in [7, 11) is 3.46. The van der Waals surface area contributed by atoms with Crippen LogP contribution in [0.15, 0.2) is 30.3 Å². The highest BCUT2D eigenvalue weighted by Crippen LogP contribution is 2.44. The lowest BCUT2D eigenvalue weighted by Crippen LogP contribution is -2.47. The molecule has 24 heavy (non-hydrogen) atoms. The Hall–Kier alpha value is -1.88. The quantitative estimate of drug-likeness (QED) is 0.844. The SMILES string of the molecule is COCC(=O)N1CCC2(CC1)CC(Cc1ccccc1)N(C)C2=O. The van der Waals surface area contributed by atoms with Crippen LogP contribution in [0.5, 0.6) is 0 Å². The van der Waals surface area contributed by atoms with Gasteiger partial charge in [0.05, 0.1) is 5.41 Å². The lowest BCUT2D eigenvalue weighted by molar-refractivity contribution is -0.144. The first kappa shape index (κ1) is 17.0. The van der Waals surface area contributed by atoms with Crippen LogP contribution in [-0.4, -0.2) is 61.5 Å². The molecule has 0 aromatic heterocycles. The molecule has 2 fully saturated rings. The van der Waals surface area contributed by atoms with Crippen LogP contribution in [0.25, 0.3) is 0 Å². The monoisotopic (exact) mass is 330 g/mol. The Balaban J connectivity index is 1.65. The zero-order valence-electron chi connectivity index (χ0n) is 14.5. The molecule has 2 aliphatic rings. The minimum atomic E-state index is -0.280. The molecule has 5 nitrogen and oxygen atoms in total. The van der Waals surface area contributed by atoms with Gasteiger partial charge in [0.2, 0.25) is 11.8 Å². The van der Waals surface area contributed by atoms with Crippen LogP contribution in [0, 0.1) is 5.41 Å². The van der Waals surface area contributed by atoms with Crippen molar-refractivity contribution in [2.75, 3.05) is 33.9 Å². The molecule has 2 amide bonds. The molecule has 3 rings (SSSR count). The van der Waals surface area contributed by atoms with Gasteiger partial charge in [-0.2, -0.15) is 0 Å². The number of hydrogen-bond donors (Lipinski definition) is 0. The lowest BCUT2D eigenvalue weighted by Gasteiger charge is -2.37. The van der Waals surface area contributed by atoms with Crippen LogP contribution >= 0.6 is 0 Å². The van der Waals surface area contributed by atoms with Gasteiger partial charge in [-0.05, 0) is 31.2 Å². The molecule has 0 bridgehead atoms. The van der Waals surface area contributed by atoms with Crippen molar-refractivity contribution in [3.63, 3.8) is 0 Å². The maximum atomic E-state index is 12.9. The van der Waals surface area contributed by atoms with Gasteiger partial charge in [0, 0.05) is 33.3 Å². The third-order valence-electron chi connectivity index (χ3n) is 5.60. The Kier molecular flexibility index (Phi) is 4.90. The van der Waals surface area contributed by atoms with Gasteiger partial charge < -0.3 is 14.5 Å². The van der Waals surface area contributed by atoms with Crippen LogP contribution in [0.2, 0.25) is 0 Å². The topological polar surface area (TPSA) is 49.9 Å². The molecule has 1 aromatic rings. The first-order valence-electron chi connectivity index (χ1n) is 8.64. The number of nitrogens with zero attached hydrogens (tertiary/aromatic N) is 2. The lowest BCUT2D eigenvalue weighted by atomic mass is 9.75. The highest BCUT2D eigenvalue weighted by molar-refractivity contribution is 5.86. The highest BCUT2D eigenvalue weighted by Gasteiger charge is 2.51. The maximum absolute atomic E-state index is 12.9. The fourth-order valence-electron chi connectivity index (χ4n) is 4.13. The van der Waals surface area contributed by atoms with E-state index in [0.29, 0.717) is 13.1 Å². The first-order valence-corrected chi connectivity index (χ1v) is 8.64. The number of amides is 2. The van der Waals surface area contributed by atoms with Crippen LogP contribution in [0.1, 0.15) is 24.8 Å². The van der Waals surface area contributed by atoms with E-state index >= 15 is 0 Å². The van der Waals surface area contributed by atoms with Gasteiger partial charge in [-0.15, -0.1) is 0 Å². The summed E-state index contributed by atoms with van der Waals surface area (Å²) in [5.41, 5.74) is 0.991. The van der Waals surface area contributed by atoms with Crippen molar-refractivity contribution in [2.45, 2.75) is 31.7 Å². The third kappa shape index (κ3) is 3.18. The third-order valence-corrected chi connectivity index (χ3v) is 5.60. The highest BCUT2D eigenvalue weighted by atomic mass is 16.5. The molecule has 2 aliphatic heterocycles. The molecule has 1 aromatic carbocycles. The zero-order valence-corrected chi connectivity index (χ0v) is 14.5. The Morgan fingerprint density at radius 2 is 1.92 bits per heavy atom. The van der Waals surface area contributed by atoms with E-state index in [1.807, 2.05) is 35.0 Å². The van der Waals surface area contributed by atoms with Gasteiger partial charge in [-0.1, -0.05) is 30.3 Å². The molecule has 1 unspecified atom stereocenters. The minimum absolute atomic E-state index is 0.0204. The smallest absolute Gasteiger partial charge is 0.248 e. The van der Waals surface area contributed by atoms with Gasteiger partial charge >= 0.3 is 0 Å². The van der Waals surface area contributed by atoms with Gasteiger partial charge in [0.25, 0.3) is 0 Å². The number of methoxy groups -OCH3 is 1. The largest absolute Gasteiger partial charge is 0.375 e. The molecule has 0 aliphatic carbocycles. The summed E-state index contributed by atoms with van der Waals surface area (Å²) in [4.78, 5) is 28.6. The van der Waals surface area contributed by atoms with Gasteiger partial charge in [-0.3, -0.25) is 9.59 Å². The second-order valence-corrected chi connectivity index (χ2v) is 7.06. The van der Waals surface area contributed by atoms with Crippen LogP contribution in [0.4, 0.5) is 0 Å². The van der Waals surface area contributed by atoms with E-state index in [4.69, 9.17) is 4.74 Å². The van der Waals surface area contributed by atoms with E-state index < -0.39 is 0 Å². The second-order valence-electron chi connectivity index (χ2n) is 7.06. The fraction of sp³-hybridized carbons (Fsp3) is 0.579. The van der Waals surface area contributed by atoms with Crippen molar-refractivity contribution in [3.05, 3.63) is 35.9 Å². The van der Waals surface area contributed by atoms with Crippen LogP contribution in [-0.2, 0) is 20.7 Å². The number of rotatable bonds is 4. The molecule has 1 spiro atoms. The molecule has 0 N–H and O–H groups in total. The number of ether oxygens (including phenoxy) is 1. The predicted octanol–water partition coefficient (Wildman–Crippen LogP) is 1.71. The number of piperidine rings is 1. The molecule has 1 atom stereocenters. The maximum Gasteiger partial charge on any atom is 0.248 e. The van der Waals surface area contributed by atoms with Crippen molar-refractivity contribution in [1.82, 2.24) is 9.80 Å². The molecular formula is C19H26N2O3. The summed E-state index contributed by atoms with van der Waals surface area (Å²) < 4.78 is 4.93. The Bertz CT molecular complexity index is 594. The van der Waals surface area contributed by atoms with Gasteiger partial charge in [0.1, 0.15) is 6.61 Å². The molecule has 2 heterocycles. The predicted molar refractivity (Wildman–Crippen MR) is 91.4 cm³/mol. The van der Waals surface area contributed by atoms with Gasteiger partial charge in [0.15, 0.2) is 0 Å².